The van der Waals surface area contributed by atoms with Gasteiger partial charge in [0.1, 0.15) is 5.65 Å². The highest BCUT2D eigenvalue weighted by molar-refractivity contribution is 6.30. The standard InChI is InChI=1S/C24H22ClN3O3/c1-30-20-12-10-18(15-21(20)31-2)26-23(29)13-11-19-24(16-6-8-17(25)9-7-16)27-22-5-3-4-14-28(19)22/h3-10,12,14-15H,11,13H2,1-2H3,(H,26,29). The van der Waals surface area contributed by atoms with Crippen molar-refractivity contribution in [1.82, 2.24) is 9.38 Å². The fraction of sp³-hybridized carbons (Fsp3) is 0.167. The van der Waals surface area contributed by atoms with Gasteiger partial charge in [-0.25, -0.2) is 4.98 Å². The number of aromatic nitrogens is 2. The minimum atomic E-state index is -0.0971. The fourth-order valence-corrected chi connectivity index (χ4v) is 3.62. The van der Waals surface area contributed by atoms with Crippen LogP contribution in [0, 0.1) is 0 Å². The number of hydrogen-bond donors (Lipinski definition) is 1. The van der Waals surface area contributed by atoms with E-state index in [0.717, 1.165) is 22.6 Å². The van der Waals surface area contributed by atoms with E-state index in [-0.39, 0.29) is 5.91 Å². The first-order chi connectivity index (χ1) is 15.1. The summed E-state index contributed by atoms with van der Waals surface area (Å²) in [6, 6.07) is 18.7. The smallest absolute Gasteiger partial charge is 0.224 e. The van der Waals surface area contributed by atoms with Gasteiger partial charge in [0.25, 0.3) is 0 Å². The maximum absolute atomic E-state index is 12.7. The summed E-state index contributed by atoms with van der Waals surface area (Å²) in [5.74, 6) is 1.08. The number of ether oxygens (including phenoxy) is 2. The first kappa shape index (κ1) is 20.8. The first-order valence-corrected chi connectivity index (χ1v) is 10.2. The van der Waals surface area contributed by atoms with E-state index in [9.17, 15) is 4.79 Å². The van der Waals surface area contributed by atoms with Crippen LogP contribution in [0.4, 0.5) is 5.69 Å². The molecule has 0 saturated carbocycles. The van der Waals surface area contributed by atoms with Crippen LogP contribution in [0.5, 0.6) is 11.5 Å². The monoisotopic (exact) mass is 435 g/mol. The zero-order valence-corrected chi connectivity index (χ0v) is 18.0. The quantitative estimate of drug-likeness (QED) is 0.431. The van der Waals surface area contributed by atoms with Crippen LogP contribution >= 0.6 is 11.6 Å². The number of carbonyl (C=O) groups excluding carboxylic acids is 1. The number of amides is 1. The average Bonchev–Trinajstić information content (AvgIpc) is 3.16. The van der Waals surface area contributed by atoms with Gasteiger partial charge in [0, 0.05) is 35.0 Å². The molecule has 1 N–H and O–H groups in total. The number of halogens is 1. The summed E-state index contributed by atoms with van der Waals surface area (Å²) in [5, 5.41) is 3.59. The summed E-state index contributed by atoms with van der Waals surface area (Å²) in [6.07, 6.45) is 2.79. The number of imidazole rings is 1. The van der Waals surface area contributed by atoms with Gasteiger partial charge in [-0.05, 0) is 42.8 Å². The van der Waals surface area contributed by atoms with E-state index >= 15 is 0 Å². The van der Waals surface area contributed by atoms with Gasteiger partial charge in [0.15, 0.2) is 11.5 Å². The van der Waals surface area contributed by atoms with Gasteiger partial charge < -0.3 is 19.2 Å². The van der Waals surface area contributed by atoms with E-state index in [1.807, 2.05) is 53.1 Å². The summed E-state index contributed by atoms with van der Waals surface area (Å²) in [4.78, 5) is 17.4. The van der Waals surface area contributed by atoms with Gasteiger partial charge in [-0.15, -0.1) is 0 Å². The molecule has 2 aromatic heterocycles. The topological polar surface area (TPSA) is 64.9 Å². The number of benzene rings is 2. The number of hydrogen-bond acceptors (Lipinski definition) is 4. The van der Waals surface area contributed by atoms with E-state index in [4.69, 9.17) is 26.1 Å². The SMILES string of the molecule is COc1ccc(NC(=O)CCc2c(-c3ccc(Cl)cc3)nc3ccccn23)cc1OC. The zero-order valence-electron chi connectivity index (χ0n) is 17.3. The van der Waals surface area contributed by atoms with Crippen LogP contribution in [0.3, 0.4) is 0 Å². The zero-order chi connectivity index (χ0) is 21.8. The number of aryl methyl sites for hydroxylation is 1. The molecule has 7 heteroatoms. The van der Waals surface area contributed by atoms with Crippen molar-refractivity contribution in [3.05, 3.63) is 77.6 Å². The molecule has 0 fully saturated rings. The number of rotatable bonds is 7. The number of nitrogens with one attached hydrogen (secondary N) is 1. The second-order valence-electron chi connectivity index (χ2n) is 6.96. The van der Waals surface area contributed by atoms with E-state index in [1.165, 1.54) is 0 Å². The molecule has 2 aromatic carbocycles. The maximum atomic E-state index is 12.7. The second kappa shape index (κ2) is 9.10. The number of nitrogens with zero attached hydrogens (tertiary/aromatic N) is 2. The Kier molecular flexibility index (Phi) is 6.09. The molecule has 0 spiro atoms. The molecule has 0 saturated heterocycles. The van der Waals surface area contributed by atoms with Crippen molar-refractivity contribution in [1.29, 1.82) is 0 Å². The summed E-state index contributed by atoms with van der Waals surface area (Å²) in [5.41, 5.74) is 4.27. The van der Waals surface area contributed by atoms with Crippen LogP contribution in [-0.4, -0.2) is 29.5 Å². The Bertz CT molecular complexity index is 1220. The average molecular weight is 436 g/mol. The molecular formula is C24H22ClN3O3. The second-order valence-corrected chi connectivity index (χ2v) is 7.40. The lowest BCUT2D eigenvalue weighted by atomic mass is 10.1. The predicted molar refractivity (Wildman–Crippen MR) is 122 cm³/mol. The van der Waals surface area contributed by atoms with Gasteiger partial charge in [-0.2, -0.15) is 0 Å². The maximum Gasteiger partial charge on any atom is 0.224 e. The third-order valence-corrected chi connectivity index (χ3v) is 5.25. The van der Waals surface area contributed by atoms with Gasteiger partial charge in [0.2, 0.25) is 5.91 Å². The predicted octanol–water partition coefficient (Wildman–Crippen LogP) is 5.24. The molecule has 0 radical (unpaired) electrons. The summed E-state index contributed by atoms with van der Waals surface area (Å²) in [7, 11) is 3.14. The molecule has 6 nitrogen and oxygen atoms in total. The van der Waals surface area contributed by atoms with E-state index in [0.29, 0.717) is 35.1 Å². The Morgan fingerprint density at radius 3 is 2.55 bits per heavy atom. The minimum Gasteiger partial charge on any atom is -0.493 e. The number of anilines is 1. The molecule has 2 heterocycles. The van der Waals surface area contributed by atoms with Crippen LogP contribution < -0.4 is 14.8 Å². The molecular weight excluding hydrogens is 414 g/mol. The minimum absolute atomic E-state index is 0.0971. The third-order valence-electron chi connectivity index (χ3n) is 5.00. The Balaban J connectivity index is 1.55. The summed E-state index contributed by atoms with van der Waals surface area (Å²) in [6.45, 7) is 0. The molecule has 0 bridgehead atoms. The van der Waals surface area contributed by atoms with Gasteiger partial charge in [-0.3, -0.25) is 4.79 Å². The lowest BCUT2D eigenvalue weighted by Gasteiger charge is -2.11. The summed E-state index contributed by atoms with van der Waals surface area (Å²) >= 11 is 6.04. The van der Waals surface area contributed by atoms with Crippen molar-refractivity contribution in [3.8, 4) is 22.8 Å². The largest absolute Gasteiger partial charge is 0.493 e. The Morgan fingerprint density at radius 2 is 1.81 bits per heavy atom. The van der Waals surface area contributed by atoms with Crippen LogP contribution in [-0.2, 0) is 11.2 Å². The van der Waals surface area contributed by atoms with Crippen molar-refractivity contribution >= 4 is 28.8 Å². The Labute approximate surface area is 185 Å². The molecule has 0 aliphatic rings. The molecule has 158 valence electrons. The van der Waals surface area contributed by atoms with Crippen molar-refractivity contribution < 1.29 is 14.3 Å². The number of methoxy groups -OCH3 is 2. The highest BCUT2D eigenvalue weighted by atomic mass is 35.5. The van der Waals surface area contributed by atoms with Gasteiger partial charge in [0.05, 0.1) is 25.6 Å². The molecule has 31 heavy (non-hydrogen) atoms. The lowest BCUT2D eigenvalue weighted by Crippen LogP contribution is -2.13. The van der Waals surface area contributed by atoms with E-state index in [1.54, 1.807) is 32.4 Å². The van der Waals surface area contributed by atoms with Gasteiger partial charge >= 0.3 is 0 Å². The van der Waals surface area contributed by atoms with Crippen molar-refractivity contribution in [2.45, 2.75) is 12.8 Å². The molecule has 4 aromatic rings. The first-order valence-electron chi connectivity index (χ1n) is 9.83. The van der Waals surface area contributed by atoms with Gasteiger partial charge in [-0.1, -0.05) is 29.8 Å². The molecule has 4 rings (SSSR count). The normalized spacial score (nSPS) is 10.8. The molecule has 0 atom stereocenters. The number of carbonyl (C=O) groups is 1. The van der Waals surface area contributed by atoms with Crippen LogP contribution in [0.1, 0.15) is 12.1 Å². The fourth-order valence-electron chi connectivity index (χ4n) is 3.49. The summed E-state index contributed by atoms with van der Waals surface area (Å²) < 4.78 is 12.6. The molecule has 0 aliphatic carbocycles. The van der Waals surface area contributed by atoms with Crippen molar-refractivity contribution in [3.63, 3.8) is 0 Å². The van der Waals surface area contributed by atoms with Crippen LogP contribution in [0.15, 0.2) is 66.9 Å². The Hall–Kier alpha value is -3.51. The highest BCUT2D eigenvalue weighted by Crippen LogP contribution is 2.30. The lowest BCUT2D eigenvalue weighted by molar-refractivity contribution is -0.116. The van der Waals surface area contributed by atoms with Crippen molar-refractivity contribution in [2.75, 3.05) is 19.5 Å². The number of fused-ring (bicyclic) bond motifs is 1. The molecule has 0 aliphatic heterocycles. The molecule has 1 amide bonds. The number of pyridine rings is 1. The highest BCUT2D eigenvalue weighted by Gasteiger charge is 2.16. The third kappa shape index (κ3) is 4.49. The van der Waals surface area contributed by atoms with Crippen molar-refractivity contribution in [2.24, 2.45) is 0 Å². The van der Waals surface area contributed by atoms with Crippen LogP contribution in [0.25, 0.3) is 16.9 Å². The molecule has 0 unspecified atom stereocenters. The van der Waals surface area contributed by atoms with Crippen LogP contribution in [0.2, 0.25) is 5.02 Å². The van der Waals surface area contributed by atoms with E-state index in [2.05, 4.69) is 5.32 Å². The van der Waals surface area contributed by atoms with E-state index < -0.39 is 0 Å². The Morgan fingerprint density at radius 1 is 1.03 bits per heavy atom.